The van der Waals surface area contributed by atoms with Crippen molar-refractivity contribution in [3.8, 4) is 6.01 Å². The molecule has 2 aliphatic heterocycles. The van der Waals surface area contributed by atoms with E-state index in [-0.39, 0.29) is 42.4 Å². The van der Waals surface area contributed by atoms with E-state index in [1.807, 2.05) is 0 Å². The number of alkyl halides is 6. The minimum Gasteiger partial charge on any atom is -0.454 e. The second kappa shape index (κ2) is 8.31. The summed E-state index contributed by atoms with van der Waals surface area (Å²) in [5.74, 6) is 0.226. The summed E-state index contributed by atoms with van der Waals surface area (Å²) < 4.78 is 82.8. The molecule has 3 aliphatic rings. The topological polar surface area (TPSA) is 85.8 Å². The summed E-state index contributed by atoms with van der Waals surface area (Å²) in [7, 11) is 0. The number of rotatable bonds is 5. The van der Waals surface area contributed by atoms with Crippen LogP contribution in [0.4, 0.5) is 43.7 Å². The van der Waals surface area contributed by atoms with Crippen molar-refractivity contribution in [1.82, 2.24) is 15.5 Å². The van der Waals surface area contributed by atoms with Gasteiger partial charge in [0.05, 0.1) is 18.2 Å². The third-order valence-corrected chi connectivity index (χ3v) is 5.14. The molecule has 8 nitrogen and oxygen atoms in total. The number of hydrogen-bond acceptors (Lipinski definition) is 8. The Kier molecular flexibility index (Phi) is 5.83. The Morgan fingerprint density at radius 3 is 2.47 bits per heavy atom. The lowest BCUT2D eigenvalue weighted by Gasteiger charge is -2.24. The smallest absolute Gasteiger partial charge is 0.422 e. The lowest BCUT2D eigenvalue weighted by Crippen LogP contribution is -2.39. The lowest BCUT2D eigenvalue weighted by atomic mass is 9.97. The van der Waals surface area contributed by atoms with Crippen molar-refractivity contribution in [2.75, 3.05) is 41.6 Å². The largest absolute Gasteiger partial charge is 0.454 e. The van der Waals surface area contributed by atoms with Crippen LogP contribution in [-0.2, 0) is 0 Å². The predicted octanol–water partition coefficient (Wildman–Crippen LogP) is 2.85. The second-order valence-electron chi connectivity index (χ2n) is 7.57. The van der Waals surface area contributed by atoms with Crippen LogP contribution in [0.15, 0.2) is 23.3 Å². The average Bonchev–Trinajstić information content (AvgIpc) is 3.31. The molecule has 0 aromatic carbocycles. The van der Waals surface area contributed by atoms with E-state index in [1.165, 1.54) is 11.1 Å². The van der Waals surface area contributed by atoms with Crippen molar-refractivity contribution in [2.45, 2.75) is 37.7 Å². The van der Waals surface area contributed by atoms with Crippen molar-refractivity contribution >= 4 is 17.3 Å². The zero-order valence-corrected chi connectivity index (χ0v) is 16.6. The molecule has 1 aromatic heterocycles. The summed E-state index contributed by atoms with van der Waals surface area (Å²) in [4.78, 5) is 9.68. The van der Waals surface area contributed by atoms with E-state index in [9.17, 15) is 31.4 Å². The second-order valence-corrected chi connectivity index (χ2v) is 7.57. The first-order valence-electron chi connectivity index (χ1n) is 9.82. The molecule has 1 aliphatic carbocycles. The fourth-order valence-electron chi connectivity index (χ4n) is 3.73. The quantitative estimate of drug-likeness (QED) is 0.572. The highest BCUT2D eigenvalue weighted by Crippen LogP contribution is 2.40. The van der Waals surface area contributed by atoms with Gasteiger partial charge in [-0.3, -0.25) is 10.4 Å². The maximum atomic E-state index is 13.4. The molecule has 0 bridgehead atoms. The molecule has 1 fully saturated rings. The van der Waals surface area contributed by atoms with Crippen molar-refractivity contribution in [2.24, 2.45) is 0 Å². The summed E-state index contributed by atoms with van der Waals surface area (Å²) in [5, 5.41) is 11.1. The third kappa shape index (κ3) is 4.85. The maximum absolute atomic E-state index is 13.4. The number of aliphatic hydroxyl groups excluding tert-OH is 1. The number of nitrogens with one attached hydrogen (secondary N) is 2. The van der Waals surface area contributed by atoms with E-state index in [4.69, 9.17) is 4.74 Å². The number of nitrogens with zero attached hydrogens (tertiary/aromatic N) is 4. The van der Waals surface area contributed by atoms with Gasteiger partial charge >= 0.3 is 18.4 Å². The molecular formula is C18H20F6N6O2. The van der Waals surface area contributed by atoms with Crippen LogP contribution in [0.3, 0.4) is 0 Å². The fraction of sp³-hybridized carbons (Fsp3) is 0.556. The summed E-state index contributed by atoms with van der Waals surface area (Å²) in [5.41, 5.74) is 4.99. The molecule has 3 N–H and O–H groups in total. The number of halogens is 6. The number of fused-ring (bicyclic) bond motifs is 1. The Balaban J connectivity index is 1.64. The molecule has 1 unspecified atom stereocenters. The van der Waals surface area contributed by atoms with Crippen LogP contribution >= 0.6 is 0 Å². The monoisotopic (exact) mass is 466 g/mol. The van der Waals surface area contributed by atoms with Crippen molar-refractivity contribution in [3.63, 3.8) is 0 Å². The summed E-state index contributed by atoms with van der Waals surface area (Å²) in [6, 6.07) is -0.572. The number of allylic oxidation sites excluding steroid dienone is 2. The van der Waals surface area contributed by atoms with E-state index in [0.29, 0.717) is 19.4 Å². The average molecular weight is 466 g/mol. The molecule has 0 saturated carbocycles. The van der Waals surface area contributed by atoms with Gasteiger partial charge in [0.2, 0.25) is 0 Å². The number of aromatic nitrogens is 2. The van der Waals surface area contributed by atoms with Crippen LogP contribution in [0.5, 0.6) is 6.01 Å². The van der Waals surface area contributed by atoms with Gasteiger partial charge in [-0.05, 0) is 24.8 Å². The van der Waals surface area contributed by atoms with Gasteiger partial charge in [-0.25, -0.2) is 0 Å². The van der Waals surface area contributed by atoms with E-state index in [2.05, 4.69) is 20.9 Å². The van der Waals surface area contributed by atoms with Gasteiger partial charge in [0.25, 0.3) is 0 Å². The van der Waals surface area contributed by atoms with Crippen LogP contribution in [0.1, 0.15) is 19.3 Å². The summed E-state index contributed by atoms with van der Waals surface area (Å²) in [6.07, 6.45) is -6.08. The highest BCUT2D eigenvalue weighted by Gasteiger charge is 2.39. The molecule has 32 heavy (non-hydrogen) atoms. The molecule has 0 radical (unpaired) electrons. The van der Waals surface area contributed by atoms with Gasteiger partial charge in [0, 0.05) is 13.1 Å². The number of ether oxygens (including phenoxy) is 1. The zero-order valence-electron chi connectivity index (χ0n) is 16.6. The molecular weight excluding hydrogens is 446 g/mol. The lowest BCUT2D eigenvalue weighted by molar-refractivity contribution is -0.154. The molecule has 0 spiro atoms. The van der Waals surface area contributed by atoms with Gasteiger partial charge in [-0.1, -0.05) is 12.2 Å². The van der Waals surface area contributed by atoms with Gasteiger partial charge in [-0.15, -0.1) is 5.53 Å². The standard InChI is InChI=1S/C18H20F6N6O2/c19-17(20,21)9-32-16-25-14(29-6-5-11(31)8-29)13-15(26-16)30(28-27-13)7-10-3-1-2-4-12(10)18(22,23)24/h3-4,11,27-28,31H,1-2,5-9H2. The first-order chi connectivity index (χ1) is 15.0. The van der Waals surface area contributed by atoms with Gasteiger partial charge in [0.15, 0.2) is 18.2 Å². The molecule has 3 heterocycles. The fourth-order valence-corrected chi connectivity index (χ4v) is 3.73. The summed E-state index contributed by atoms with van der Waals surface area (Å²) in [6.45, 7) is -1.29. The SMILES string of the molecule is OC1CCN(c2nc(OCC(F)(F)F)nc3c2NNN3CC2=CCCC=C2C(F)(F)F)C1. The number of hydrazine groups is 2. The van der Waals surface area contributed by atoms with E-state index >= 15 is 0 Å². The Labute approximate surface area is 178 Å². The Morgan fingerprint density at radius 2 is 1.81 bits per heavy atom. The molecule has 4 rings (SSSR count). The predicted molar refractivity (Wildman–Crippen MR) is 102 cm³/mol. The minimum absolute atomic E-state index is 0.0143. The van der Waals surface area contributed by atoms with Crippen LogP contribution in [-0.4, -0.2) is 59.8 Å². The van der Waals surface area contributed by atoms with Crippen molar-refractivity contribution in [3.05, 3.63) is 23.3 Å². The zero-order chi connectivity index (χ0) is 23.1. The van der Waals surface area contributed by atoms with Crippen LogP contribution in [0, 0.1) is 0 Å². The number of anilines is 3. The maximum Gasteiger partial charge on any atom is 0.422 e. The Bertz CT molecular complexity index is 932. The van der Waals surface area contributed by atoms with Gasteiger partial charge in [-0.2, -0.15) is 36.3 Å². The highest BCUT2D eigenvalue weighted by molar-refractivity contribution is 5.81. The Hall–Kier alpha value is -2.74. The molecule has 0 amide bonds. The number of hydrogen-bond donors (Lipinski definition) is 3. The van der Waals surface area contributed by atoms with Crippen LogP contribution < -0.4 is 25.6 Å². The molecule has 1 atom stereocenters. The first-order valence-corrected chi connectivity index (χ1v) is 9.82. The number of β-amino-alcohol motifs (C(OH)–C–C–N with tert-alkyl or cyclic N) is 1. The molecule has 176 valence electrons. The van der Waals surface area contributed by atoms with Gasteiger partial charge in [0.1, 0.15) is 5.69 Å². The minimum atomic E-state index is -4.62. The normalized spacial score (nSPS) is 21.3. The first kappa shape index (κ1) is 22.5. The van der Waals surface area contributed by atoms with Crippen molar-refractivity contribution in [1.29, 1.82) is 0 Å². The third-order valence-electron chi connectivity index (χ3n) is 5.14. The van der Waals surface area contributed by atoms with E-state index < -0.39 is 36.6 Å². The van der Waals surface area contributed by atoms with Crippen LogP contribution in [0.2, 0.25) is 0 Å². The molecule has 14 heteroatoms. The van der Waals surface area contributed by atoms with Crippen molar-refractivity contribution < 1.29 is 36.2 Å². The highest BCUT2D eigenvalue weighted by atomic mass is 19.4. The molecule has 1 saturated heterocycles. The van der Waals surface area contributed by atoms with Crippen LogP contribution in [0.25, 0.3) is 0 Å². The molecule has 1 aromatic rings. The van der Waals surface area contributed by atoms with Gasteiger partial charge < -0.3 is 14.7 Å². The van der Waals surface area contributed by atoms with E-state index in [1.54, 1.807) is 4.90 Å². The summed E-state index contributed by atoms with van der Waals surface area (Å²) >= 11 is 0. The van der Waals surface area contributed by atoms with E-state index in [0.717, 1.165) is 6.08 Å². The Morgan fingerprint density at radius 1 is 1.09 bits per heavy atom. The number of aliphatic hydroxyl groups is 1.